The number of nitrogens with zero attached hydrogens (tertiary/aromatic N) is 9. The van der Waals surface area contributed by atoms with Crippen LogP contribution in [-0.2, 0) is 25.9 Å². The van der Waals surface area contributed by atoms with Gasteiger partial charge in [0.25, 0.3) is 0 Å². The number of hydrogen-bond acceptors (Lipinski definition) is 8. The number of rotatable bonds is 6. The van der Waals surface area contributed by atoms with Gasteiger partial charge in [0.15, 0.2) is 5.82 Å². The number of hydrogen-bond donors (Lipinski definition) is 0. The van der Waals surface area contributed by atoms with E-state index < -0.39 is 0 Å². The largest absolute Gasteiger partial charge is 0.426 e. The van der Waals surface area contributed by atoms with Crippen molar-refractivity contribution in [1.29, 1.82) is 0 Å². The van der Waals surface area contributed by atoms with Crippen molar-refractivity contribution in [1.82, 2.24) is 45.4 Å². The Balaban J connectivity index is 1.51. The zero-order valence-electron chi connectivity index (χ0n) is 11.8. The Bertz CT molecular complexity index is 654. The summed E-state index contributed by atoms with van der Waals surface area (Å²) in [5, 5.41) is 28.1. The Hall–Kier alpha value is -2.65. The van der Waals surface area contributed by atoms with Crippen molar-refractivity contribution in [2.45, 2.75) is 39.8 Å². The van der Waals surface area contributed by atoms with Gasteiger partial charge in [0.05, 0.1) is 25.0 Å². The van der Waals surface area contributed by atoms with Crippen molar-refractivity contribution in [2.24, 2.45) is 0 Å². The van der Waals surface area contributed by atoms with Crippen molar-refractivity contribution in [3.8, 4) is 0 Å². The van der Waals surface area contributed by atoms with E-state index in [1.54, 1.807) is 24.8 Å². The van der Waals surface area contributed by atoms with Crippen LogP contribution in [0.5, 0.6) is 0 Å². The zero-order chi connectivity index (χ0) is 14.7. The number of aryl methyl sites for hydroxylation is 6. The monoisotopic (exact) mass is 289 g/mol. The molecule has 0 spiro atoms. The van der Waals surface area contributed by atoms with E-state index in [-0.39, 0.29) is 0 Å². The minimum absolute atomic E-state index is 0.573. The Kier molecular flexibility index (Phi) is 3.67. The first-order chi connectivity index (χ1) is 10.2. The zero-order valence-corrected chi connectivity index (χ0v) is 11.8. The van der Waals surface area contributed by atoms with Crippen LogP contribution in [0.25, 0.3) is 0 Å². The molecule has 0 saturated carbocycles. The lowest BCUT2D eigenvalue weighted by molar-refractivity contribution is 0.418. The SMILES string of the molecule is Cc1nnn(CCn2ncc(CCc3nnc(C)o3)n2)n1. The summed E-state index contributed by atoms with van der Waals surface area (Å²) in [4.78, 5) is 3.15. The average Bonchev–Trinajstić information content (AvgIpc) is 3.16. The molecule has 0 atom stereocenters. The maximum Gasteiger partial charge on any atom is 0.216 e. The lowest BCUT2D eigenvalue weighted by Crippen LogP contribution is -2.12. The molecule has 3 aromatic rings. The van der Waals surface area contributed by atoms with E-state index >= 15 is 0 Å². The molecule has 0 bridgehead atoms. The van der Waals surface area contributed by atoms with Crippen molar-refractivity contribution < 1.29 is 4.42 Å². The van der Waals surface area contributed by atoms with Crippen LogP contribution in [0.4, 0.5) is 0 Å². The standard InChI is InChI=1S/C11H15N9O/c1-8-13-18-20(16-8)6-5-19-12-7-10(17-19)3-4-11-15-14-9(2)21-11/h7H,3-6H2,1-2H3. The normalized spacial score (nSPS) is 11.1. The predicted molar refractivity (Wildman–Crippen MR) is 69.0 cm³/mol. The van der Waals surface area contributed by atoms with Gasteiger partial charge in [0, 0.05) is 19.8 Å². The van der Waals surface area contributed by atoms with E-state index in [9.17, 15) is 0 Å². The quantitative estimate of drug-likeness (QED) is 0.610. The van der Waals surface area contributed by atoms with Gasteiger partial charge in [-0.15, -0.1) is 20.4 Å². The second-order valence-electron chi connectivity index (χ2n) is 4.58. The Labute approximate surface area is 120 Å². The van der Waals surface area contributed by atoms with Gasteiger partial charge >= 0.3 is 0 Å². The molecule has 10 heteroatoms. The highest BCUT2D eigenvalue weighted by molar-refractivity contribution is 4.94. The lowest BCUT2D eigenvalue weighted by Gasteiger charge is -1.98. The van der Waals surface area contributed by atoms with Gasteiger partial charge in [0.1, 0.15) is 0 Å². The van der Waals surface area contributed by atoms with E-state index in [0.29, 0.717) is 43.5 Å². The van der Waals surface area contributed by atoms with Crippen LogP contribution < -0.4 is 0 Å². The molecule has 0 saturated heterocycles. The maximum atomic E-state index is 5.32. The third-order valence-corrected chi connectivity index (χ3v) is 2.80. The molecular formula is C11H15N9O. The summed E-state index contributed by atoms with van der Waals surface area (Å²) >= 11 is 0. The first-order valence-electron chi connectivity index (χ1n) is 6.61. The van der Waals surface area contributed by atoms with E-state index in [1.165, 1.54) is 4.80 Å². The first kappa shape index (κ1) is 13.3. The summed E-state index contributed by atoms with van der Waals surface area (Å²) in [5.41, 5.74) is 0.883. The van der Waals surface area contributed by atoms with Gasteiger partial charge in [-0.3, -0.25) is 0 Å². The molecular weight excluding hydrogens is 274 g/mol. The molecule has 0 aliphatic carbocycles. The molecule has 0 radical (unpaired) electrons. The minimum Gasteiger partial charge on any atom is -0.426 e. The Morgan fingerprint density at radius 3 is 2.57 bits per heavy atom. The molecule has 0 N–H and O–H groups in total. The van der Waals surface area contributed by atoms with Gasteiger partial charge in [-0.1, -0.05) is 0 Å². The average molecular weight is 289 g/mol. The lowest BCUT2D eigenvalue weighted by atomic mass is 10.2. The highest BCUT2D eigenvalue weighted by atomic mass is 16.4. The number of aromatic nitrogens is 9. The Morgan fingerprint density at radius 2 is 1.86 bits per heavy atom. The third-order valence-electron chi connectivity index (χ3n) is 2.80. The van der Waals surface area contributed by atoms with Crippen LogP contribution in [0.15, 0.2) is 10.6 Å². The smallest absolute Gasteiger partial charge is 0.216 e. The first-order valence-corrected chi connectivity index (χ1v) is 6.61. The molecule has 21 heavy (non-hydrogen) atoms. The van der Waals surface area contributed by atoms with Crippen molar-refractivity contribution in [3.05, 3.63) is 29.5 Å². The van der Waals surface area contributed by atoms with E-state index in [1.807, 2.05) is 0 Å². The van der Waals surface area contributed by atoms with Crippen LogP contribution in [0.3, 0.4) is 0 Å². The van der Waals surface area contributed by atoms with E-state index in [2.05, 4.69) is 35.8 Å². The molecule has 0 fully saturated rings. The summed E-state index contributed by atoms with van der Waals surface area (Å²) in [6, 6.07) is 0. The van der Waals surface area contributed by atoms with Crippen molar-refractivity contribution in [2.75, 3.05) is 0 Å². The summed E-state index contributed by atoms with van der Waals surface area (Å²) in [7, 11) is 0. The maximum absolute atomic E-state index is 5.32. The minimum atomic E-state index is 0.573. The van der Waals surface area contributed by atoms with Gasteiger partial charge in [-0.25, -0.2) is 0 Å². The molecule has 10 nitrogen and oxygen atoms in total. The van der Waals surface area contributed by atoms with Crippen molar-refractivity contribution in [3.63, 3.8) is 0 Å². The van der Waals surface area contributed by atoms with Crippen LogP contribution in [0, 0.1) is 13.8 Å². The summed E-state index contributed by atoms with van der Waals surface area (Å²) in [6.45, 7) is 4.74. The predicted octanol–water partition coefficient (Wildman–Crippen LogP) is -0.250. The van der Waals surface area contributed by atoms with Gasteiger partial charge < -0.3 is 4.42 Å². The summed E-state index contributed by atoms with van der Waals surface area (Å²) < 4.78 is 5.32. The molecule has 0 aliphatic rings. The molecule has 0 aliphatic heterocycles. The van der Waals surface area contributed by atoms with E-state index in [4.69, 9.17) is 4.42 Å². The fourth-order valence-corrected chi connectivity index (χ4v) is 1.83. The third kappa shape index (κ3) is 3.46. The second-order valence-corrected chi connectivity index (χ2v) is 4.58. The Morgan fingerprint density at radius 1 is 1.00 bits per heavy atom. The molecule has 110 valence electrons. The van der Waals surface area contributed by atoms with Crippen LogP contribution in [-0.4, -0.2) is 45.4 Å². The van der Waals surface area contributed by atoms with Crippen LogP contribution >= 0.6 is 0 Å². The van der Waals surface area contributed by atoms with Crippen LogP contribution in [0.1, 0.15) is 23.3 Å². The molecule has 0 aromatic carbocycles. The summed E-state index contributed by atoms with van der Waals surface area (Å²) in [6.07, 6.45) is 3.11. The highest BCUT2D eigenvalue weighted by Crippen LogP contribution is 2.03. The van der Waals surface area contributed by atoms with E-state index in [0.717, 1.165) is 5.69 Å². The molecule has 3 aromatic heterocycles. The highest BCUT2D eigenvalue weighted by Gasteiger charge is 2.06. The second kappa shape index (κ2) is 5.77. The molecule has 3 heterocycles. The molecule has 0 amide bonds. The fraction of sp³-hybridized carbons (Fsp3) is 0.545. The van der Waals surface area contributed by atoms with Crippen molar-refractivity contribution >= 4 is 0 Å². The topological polar surface area (TPSA) is 113 Å². The molecule has 0 unspecified atom stereocenters. The van der Waals surface area contributed by atoms with Crippen LogP contribution in [0.2, 0.25) is 0 Å². The fourth-order valence-electron chi connectivity index (χ4n) is 1.83. The summed E-state index contributed by atoms with van der Waals surface area (Å²) in [5.74, 6) is 1.84. The van der Waals surface area contributed by atoms with Gasteiger partial charge in [-0.2, -0.15) is 19.8 Å². The molecule has 3 rings (SSSR count). The van der Waals surface area contributed by atoms with Gasteiger partial charge in [0.2, 0.25) is 11.8 Å². The van der Waals surface area contributed by atoms with Gasteiger partial charge in [-0.05, 0) is 12.1 Å². The number of tetrazole rings is 1.